The average Bonchev–Trinajstić information content (AvgIpc) is 2.96. The van der Waals surface area contributed by atoms with E-state index in [1.807, 2.05) is 19.9 Å². The van der Waals surface area contributed by atoms with Gasteiger partial charge in [-0.15, -0.1) is 5.10 Å². The van der Waals surface area contributed by atoms with Gasteiger partial charge in [-0.1, -0.05) is 30.5 Å². The van der Waals surface area contributed by atoms with Gasteiger partial charge in [0, 0.05) is 0 Å². The number of nitrogens with one attached hydrogen (secondary N) is 1. The van der Waals surface area contributed by atoms with Gasteiger partial charge in [-0.3, -0.25) is 4.79 Å². The molecule has 0 saturated heterocycles. The van der Waals surface area contributed by atoms with E-state index in [1.165, 1.54) is 0 Å². The Morgan fingerprint density at radius 2 is 2.24 bits per heavy atom. The Labute approximate surface area is 126 Å². The summed E-state index contributed by atoms with van der Waals surface area (Å²) in [6.07, 6.45) is 0. The lowest BCUT2D eigenvalue weighted by Crippen LogP contribution is -2.14. The molecule has 0 radical (unpaired) electrons. The maximum absolute atomic E-state index is 12.3. The molecular formula is C14H14N4O2S. The highest BCUT2D eigenvalue weighted by molar-refractivity contribution is 7.08. The number of ether oxygens (including phenoxy) is 1. The fourth-order valence-electron chi connectivity index (χ4n) is 1.72. The molecule has 1 aromatic carbocycles. The van der Waals surface area contributed by atoms with E-state index < -0.39 is 0 Å². The fraction of sp³-hybridized carbons (Fsp3) is 0.286. The first-order valence-electron chi connectivity index (χ1n) is 6.36. The van der Waals surface area contributed by atoms with Crippen LogP contribution in [0.2, 0.25) is 0 Å². The van der Waals surface area contributed by atoms with E-state index in [-0.39, 0.29) is 18.4 Å². The lowest BCUT2D eigenvalue weighted by molar-refractivity contribution is 0.102. The van der Waals surface area contributed by atoms with Crippen LogP contribution in [0.4, 0.5) is 5.69 Å². The number of nitrogens with zero attached hydrogens (tertiary/aromatic N) is 3. The topological polar surface area (TPSA) is 87.9 Å². The molecule has 7 heteroatoms. The summed E-state index contributed by atoms with van der Waals surface area (Å²) in [5, 5.41) is 15.3. The number of nitriles is 1. The molecule has 1 aromatic heterocycles. The monoisotopic (exact) mass is 302 g/mol. The molecule has 1 heterocycles. The van der Waals surface area contributed by atoms with Crippen molar-refractivity contribution in [2.24, 2.45) is 0 Å². The molecule has 2 aromatic rings. The molecule has 0 saturated carbocycles. The highest BCUT2D eigenvalue weighted by Crippen LogP contribution is 2.26. The smallest absolute Gasteiger partial charge is 0.269 e. The Balaban J connectivity index is 2.20. The zero-order valence-corrected chi connectivity index (χ0v) is 12.5. The predicted molar refractivity (Wildman–Crippen MR) is 79.5 cm³/mol. The second kappa shape index (κ2) is 6.81. The highest BCUT2D eigenvalue weighted by Gasteiger charge is 2.19. The molecule has 0 atom stereocenters. The highest BCUT2D eigenvalue weighted by atomic mass is 32.1. The van der Waals surface area contributed by atoms with Crippen LogP contribution in [0.5, 0.6) is 5.75 Å². The minimum atomic E-state index is -0.276. The van der Waals surface area contributed by atoms with Crippen molar-refractivity contribution in [3.63, 3.8) is 0 Å². The predicted octanol–water partition coefficient (Wildman–Crippen LogP) is 2.82. The molecule has 0 aliphatic heterocycles. The summed E-state index contributed by atoms with van der Waals surface area (Å²) in [5.41, 5.74) is 1.19. The summed E-state index contributed by atoms with van der Waals surface area (Å²) >= 11 is 1.06. The van der Waals surface area contributed by atoms with Crippen molar-refractivity contribution in [1.82, 2.24) is 9.59 Å². The van der Waals surface area contributed by atoms with Crippen LogP contribution < -0.4 is 10.1 Å². The number of aromatic nitrogens is 2. The second-order valence-corrected chi connectivity index (χ2v) is 5.29. The Bertz CT molecular complexity index is 676. The number of amides is 1. The van der Waals surface area contributed by atoms with Crippen molar-refractivity contribution < 1.29 is 9.53 Å². The van der Waals surface area contributed by atoms with Crippen molar-refractivity contribution in [2.45, 2.75) is 19.8 Å². The van der Waals surface area contributed by atoms with E-state index in [9.17, 15) is 4.79 Å². The first kappa shape index (κ1) is 14.9. The number of hydrogen-bond donors (Lipinski definition) is 1. The normalized spacial score (nSPS) is 10.2. The molecule has 108 valence electrons. The minimum Gasteiger partial charge on any atom is -0.477 e. The van der Waals surface area contributed by atoms with Crippen LogP contribution in [0.3, 0.4) is 0 Å². The van der Waals surface area contributed by atoms with Crippen molar-refractivity contribution in [3.05, 3.63) is 34.8 Å². The van der Waals surface area contributed by atoms with Gasteiger partial charge < -0.3 is 10.1 Å². The van der Waals surface area contributed by atoms with Crippen LogP contribution in [-0.2, 0) is 0 Å². The van der Waals surface area contributed by atoms with E-state index in [0.29, 0.717) is 22.0 Å². The third kappa shape index (κ3) is 3.55. The molecule has 0 unspecified atom stereocenters. The number of carbonyl (C=O) groups is 1. The molecule has 0 fully saturated rings. The van der Waals surface area contributed by atoms with Gasteiger partial charge in [0.1, 0.15) is 16.7 Å². The van der Waals surface area contributed by atoms with Gasteiger partial charge in [0.15, 0.2) is 6.61 Å². The van der Waals surface area contributed by atoms with E-state index >= 15 is 0 Å². The van der Waals surface area contributed by atoms with Crippen molar-refractivity contribution in [3.8, 4) is 11.8 Å². The molecular weight excluding hydrogens is 288 g/mol. The molecule has 0 bridgehead atoms. The van der Waals surface area contributed by atoms with E-state index in [1.54, 1.807) is 24.3 Å². The quantitative estimate of drug-likeness (QED) is 0.917. The van der Waals surface area contributed by atoms with Crippen LogP contribution in [0.25, 0.3) is 0 Å². The lowest BCUT2D eigenvalue weighted by Gasteiger charge is -2.10. The molecule has 0 aliphatic rings. The van der Waals surface area contributed by atoms with Crippen molar-refractivity contribution in [1.29, 1.82) is 5.26 Å². The van der Waals surface area contributed by atoms with Crippen LogP contribution in [0.1, 0.15) is 35.1 Å². The van der Waals surface area contributed by atoms with Crippen LogP contribution in [0.15, 0.2) is 24.3 Å². The first-order valence-corrected chi connectivity index (χ1v) is 7.13. The Morgan fingerprint density at radius 1 is 1.48 bits per heavy atom. The summed E-state index contributed by atoms with van der Waals surface area (Å²) in [4.78, 5) is 12.8. The fourth-order valence-corrected chi connectivity index (χ4v) is 2.43. The Hall–Kier alpha value is -2.46. The summed E-state index contributed by atoms with van der Waals surface area (Å²) in [5.74, 6) is 0.298. The molecule has 0 aliphatic carbocycles. The number of anilines is 1. The van der Waals surface area contributed by atoms with E-state index in [2.05, 4.69) is 14.9 Å². The number of para-hydroxylation sites is 2. The van der Waals surface area contributed by atoms with Crippen LogP contribution in [0, 0.1) is 11.3 Å². The van der Waals surface area contributed by atoms with Gasteiger partial charge in [-0.05, 0) is 29.6 Å². The summed E-state index contributed by atoms with van der Waals surface area (Å²) in [6.45, 7) is 3.83. The van der Waals surface area contributed by atoms with Crippen LogP contribution >= 0.6 is 11.5 Å². The number of rotatable bonds is 5. The maximum Gasteiger partial charge on any atom is 0.269 e. The largest absolute Gasteiger partial charge is 0.477 e. The molecule has 1 N–H and O–H groups in total. The summed E-state index contributed by atoms with van der Waals surface area (Å²) in [6, 6.07) is 8.86. The zero-order valence-electron chi connectivity index (χ0n) is 11.7. The van der Waals surface area contributed by atoms with Gasteiger partial charge in [0.05, 0.1) is 11.4 Å². The van der Waals surface area contributed by atoms with Gasteiger partial charge >= 0.3 is 0 Å². The molecule has 2 rings (SSSR count). The second-order valence-electron chi connectivity index (χ2n) is 4.54. The van der Waals surface area contributed by atoms with Gasteiger partial charge in [0.2, 0.25) is 0 Å². The third-order valence-electron chi connectivity index (χ3n) is 2.69. The van der Waals surface area contributed by atoms with Gasteiger partial charge in [0.25, 0.3) is 5.91 Å². The molecule has 6 nitrogen and oxygen atoms in total. The molecule has 21 heavy (non-hydrogen) atoms. The number of hydrogen-bond acceptors (Lipinski definition) is 6. The van der Waals surface area contributed by atoms with Crippen molar-refractivity contribution in [2.75, 3.05) is 11.9 Å². The molecule has 1 amide bonds. The first-order chi connectivity index (χ1) is 10.1. The van der Waals surface area contributed by atoms with Gasteiger partial charge in [-0.25, -0.2) is 0 Å². The van der Waals surface area contributed by atoms with Crippen LogP contribution in [-0.4, -0.2) is 22.1 Å². The molecule has 0 spiro atoms. The summed E-state index contributed by atoms with van der Waals surface area (Å²) in [7, 11) is 0. The van der Waals surface area contributed by atoms with E-state index in [0.717, 1.165) is 11.5 Å². The standard InChI is InChI=1S/C14H14N4O2S/c1-9(2)12-13(21-18-17-12)14(19)16-10-5-3-4-6-11(10)20-8-7-15/h3-6,9H,8H2,1-2H3,(H,16,19). The SMILES string of the molecule is CC(C)c1nnsc1C(=O)Nc1ccccc1OCC#N. The number of benzene rings is 1. The zero-order chi connectivity index (χ0) is 15.2. The van der Waals surface area contributed by atoms with Gasteiger partial charge in [-0.2, -0.15) is 5.26 Å². The van der Waals surface area contributed by atoms with E-state index in [4.69, 9.17) is 10.00 Å². The minimum absolute atomic E-state index is 0.0771. The Morgan fingerprint density at radius 3 is 2.95 bits per heavy atom. The Kier molecular flexibility index (Phi) is 4.85. The maximum atomic E-state index is 12.3. The summed E-state index contributed by atoms with van der Waals surface area (Å²) < 4.78 is 9.11. The third-order valence-corrected chi connectivity index (χ3v) is 3.43. The van der Waals surface area contributed by atoms with Crippen molar-refractivity contribution >= 4 is 23.1 Å². The average molecular weight is 302 g/mol. The number of carbonyl (C=O) groups excluding carboxylic acids is 1. The lowest BCUT2D eigenvalue weighted by atomic mass is 10.1.